The molecule has 2 heterocycles. The minimum Gasteiger partial charge on any atom is -0.496 e. The van der Waals surface area contributed by atoms with E-state index in [2.05, 4.69) is 4.98 Å². The lowest BCUT2D eigenvalue weighted by atomic mass is 9.76. The van der Waals surface area contributed by atoms with E-state index < -0.39 is 47.1 Å². The SMILES string of the molecule is COc1cc([C@@H]2O[C@@](C)(C(F)(F)F)[C@@H](C)[C@H]2c2ccc(F)c(F)c2OC)ncc1CO. The zero-order valence-corrected chi connectivity index (χ0v) is 17.3. The van der Waals surface area contributed by atoms with Crippen molar-refractivity contribution < 1.29 is 41.3 Å². The van der Waals surface area contributed by atoms with E-state index in [9.17, 15) is 27.1 Å². The summed E-state index contributed by atoms with van der Waals surface area (Å²) in [6, 6.07) is 3.39. The molecule has 0 radical (unpaired) electrons. The lowest BCUT2D eigenvalue weighted by Gasteiger charge is -2.32. The zero-order chi connectivity index (χ0) is 23.1. The van der Waals surface area contributed by atoms with Crippen LogP contribution in [-0.4, -0.2) is 36.1 Å². The van der Waals surface area contributed by atoms with Gasteiger partial charge in [-0.2, -0.15) is 17.6 Å². The number of nitrogens with zero attached hydrogens (tertiary/aromatic N) is 1. The van der Waals surface area contributed by atoms with Crippen molar-refractivity contribution in [1.29, 1.82) is 0 Å². The average molecular weight is 447 g/mol. The van der Waals surface area contributed by atoms with Crippen molar-refractivity contribution in [3.63, 3.8) is 0 Å². The third-order valence-electron chi connectivity index (χ3n) is 5.96. The molecule has 0 saturated carbocycles. The van der Waals surface area contributed by atoms with Crippen molar-refractivity contribution in [1.82, 2.24) is 4.98 Å². The Labute approximate surface area is 175 Å². The molecule has 1 aromatic heterocycles. The molecule has 0 amide bonds. The van der Waals surface area contributed by atoms with E-state index in [1.165, 1.54) is 32.4 Å². The second kappa shape index (κ2) is 8.23. The molecular formula is C21H22F5NO4. The number of pyridine rings is 1. The molecule has 3 rings (SSSR count). The van der Waals surface area contributed by atoms with Crippen molar-refractivity contribution in [3.8, 4) is 11.5 Å². The van der Waals surface area contributed by atoms with Crippen molar-refractivity contribution in [2.75, 3.05) is 14.2 Å². The van der Waals surface area contributed by atoms with Crippen LogP contribution in [0.2, 0.25) is 0 Å². The fraction of sp³-hybridized carbons (Fsp3) is 0.476. The lowest BCUT2D eigenvalue weighted by Crippen LogP contribution is -2.46. The highest BCUT2D eigenvalue weighted by Gasteiger charge is 2.65. The van der Waals surface area contributed by atoms with Crippen LogP contribution in [0.5, 0.6) is 11.5 Å². The minimum atomic E-state index is -4.75. The fourth-order valence-corrected chi connectivity index (χ4v) is 4.01. The smallest absolute Gasteiger partial charge is 0.417 e. The number of rotatable bonds is 5. The third kappa shape index (κ3) is 3.71. The van der Waals surface area contributed by atoms with E-state index in [0.29, 0.717) is 5.56 Å². The van der Waals surface area contributed by atoms with Gasteiger partial charge in [0.2, 0.25) is 5.82 Å². The third-order valence-corrected chi connectivity index (χ3v) is 5.96. The standard InChI is InChI=1S/C21H22F5NO4/c1-10-16(12-5-6-13(22)17(23)18(12)30-4)19(31-20(10,2)21(24,25)26)14-7-15(29-3)11(9-28)8-27-14/h5-8,10,16,19,28H,9H2,1-4H3/t10-,16-,19-,20+/m0/s1. The van der Waals surface area contributed by atoms with Crippen molar-refractivity contribution in [2.45, 2.75) is 44.3 Å². The maximum Gasteiger partial charge on any atom is 0.417 e. The number of aliphatic hydroxyl groups excluding tert-OH is 1. The molecule has 1 aliphatic rings. The molecule has 1 N–H and O–H groups in total. The maximum atomic E-state index is 14.4. The van der Waals surface area contributed by atoms with Crippen LogP contribution in [0.1, 0.15) is 42.7 Å². The predicted molar refractivity (Wildman–Crippen MR) is 99.8 cm³/mol. The van der Waals surface area contributed by atoms with Crippen LogP contribution in [0.3, 0.4) is 0 Å². The van der Waals surface area contributed by atoms with E-state index in [-0.39, 0.29) is 23.6 Å². The van der Waals surface area contributed by atoms with Gasteiger partial charge in [0.1, 0.15) is 11.9 Å². The Kier molecular flexibility index (Phi) is 6.16. The maximum absolute atomic E-state index is 14.4. The summed E-state index contributed by atoms with van der Waals surface area (Å²) in [6.45, 7) is 1.85. The van der Waals surface area contributed by atoms with Gasteiger partial charge < -0.3 is 19.3 Å². The highest BCUT2D eigenvalue weighted by atomic mass is 19.4. The molecule has 0 unspecified atom stereocenters. The molecule has 0 bridgehead atoms. The monoisotopic (exact) mass is 447 g/mol. The van der Waals surface area contributed by atoms with Crippen LogP contribution in [0.4, 0.5) is 22.0 Å². The van der Waals surface area contributed by atoms with Crippen LogP contribution in [0, 0.1) is 17.6 Å². The van der Waals surface area contributed by atoms with Crippen molar-refractivity contribution >= 4 is 0 Å². The van der Waals surface area contributed by atoms with Crippen LogP contribution >= 0.6 is 0 Å². The van der Waals surface area contributed by atoms with Gasteiger partial charge in [0.15, 0.2) is 17.2 Å². The van der Waals surface area contributed by atoms with Gasteiger partial charge in [-0.05, 0) is 13.0 Å². The first kappa shape index (κ1) is 23.2. The molecule has 0 spiro atoms. The second-order valence-corrected chi connectivity index (χ2v) is 7.52. The van der Waals surface area contributed by atoms with E-state index >= 15 is 0 Å². The summed E-state index contributed by atoms with van der Waals surface area (Å²) in [6.07, 6.45) is -4.76. The molecule has 0 aliphatic carbocycles. The van der Waals surface area contributed by atoms with Gasteiger partial charge in [0.05, 0.1) is 26.5 Å². The summed E-state index contributed by atoms with van der Waals surface area (Å²) < 4.78 is 85.9. The molecule has 1 aliphatic heterocycles. The van der Waals surface area contributed by atoms with Gasteiger partial charge in [0.25, 0.3) is 0 Å². The highest BCUT2D eigenvalue weighted by molar-refractivity contribution is 5.43. The van der Waals surface area contributed by atoms with Crippen LogP contribution in [-0.2, 0) is 11.3 Å². The number of aromatic nitrogens is 1. The molecule has 1 fully saturated rings. The molecule has 4 atom stereocenters. The Balaban J connectivity index is 2.22. The Morgan fingerprint density at radius 3 is 2.42 bits per heavy atom. The van der Waals surface area contributed by atoms with E-state index in [1.54, 1.807) is 0 Å². The number of hydrogen-bond donors (Lipinski definition) is 1. The van der Waals surface area contributed by atoms with E-state index in [1.807, 2.05) is 0 Å². The Hall–Kier alpha value is -2.46. The number of ether oxygens (including phenoxy) is 3. The number of benzene rings is 1. The Bertz CT molecular complexity index is 968. The summed E-state index contributed by atoms with van der Waals surface area (Å²) in [5.41, 5.74) is -2.15. The second-order valence-electron chi connectivity index (χ2n) is 7.52. The summed E-state index contributed by atoms with van der Waals surface area (Å²) in [5, 5.41) is 9.40. The molecule has 2 aromatic rings. The van der Waals surface area contributed by atoms with Crippen LogP contribution < -0.4 is 9.47 Å². The minimum absolute atomic E-state index is 0.0267. The quantitative estimate of drug-likeness (QED) is 0.675. The van der Waals surface area contributed by atoms with Crippen LogP contribution in [0.15, 0.2) is 24.4 Å². The molecule has 5 nitrogen and oxygen atoms in total. The molecular weight excluding hydrogens is 425 g/mol. The number of hydrogen-bond acceptors (Lipinski definition) is 5. The lowest BCUT2D eigenvalue weighted by molar-refractivity contribution is -0.275. The highest BCUT2D eigenvalue weighted by Crippen LogP contribution is 2.59. The Morgan fingerprint density at radius 1 is 1.19 bits per heavy atom. The van der Waals surface area contributed by atoms with Crippen molar-refractivity contribution in [3.05, 3.63) is 52.9 Å². The van der Waals surface area contributed by atoms with Gasteiger partial charge >= 0.3 is 6.18 Å². The number of halogens is 5. The first-order chi connectivity index (χ1) is 14.5. The topological polar surface area (TPSA) is 60.8 Å². The first-order valence-corrected chi connectivity index (χ1v) is 9.40. The zero-order valence-electron chi connectivity index (χ0n) is 17.3. The number of aliphatic hydroxyl groups is 1. The normalized spacial score (nSPS) is 26.2. The molecule has 1 saturated heterocycles. The summed E-state index contributed by atoms with van der Waals surface area (Å²) >= 11 is 0. The van der Waals surface area contributed by atoms with Gasteiger partial charge in [-0.3, -0.25) is 4.98 Å². The molecule has 170 valence electrons. The summed E-state index contributed by atoms with van der Waals surface area (Å²) in [5.74, 6) is -5.05. The predicted octanol–water partition coefficient (Wildman–Crippen LogP) is 4.68. The number of alkyl halides is 3. The number of methoxy groups -OCH3 is 2. The van der Waals surface area contributed by atoms with Crippen molar-refractivity contribution in [2.24, 2.45) is 5.92 Å². The summed E-state index contributed by atoms with van der Waals surface area (Å²) in [7, 11) is 2.45. The van der Waals surface area contributed by atoms with Gasteiger partial charge in [0, 0.05) is 35.2 Å². The summed E-state index contributed by atoms with van der Waals surface area (Å²) in [4.78, 5) is 4.15. The first-order valence-electron chi connectivity index (χ1n) is 9.40. The van der Waals surface area contributed by atoms with Gasteiger partial charge in [-0.1, -0.05) is 13.0 Å². The van der Waals surface area contributed by atoms with Gasteiger partial charge in [-0.15, -0.1) is 0 Å². The largest absolute Gasteiger partial charge is 0.496 e. The van der Waals surface area contributed by atoms with Gasteiger partial charge in [-0.25, -0.2) is 4.39 Å². The van der Waals surface area contributed by atoms with Crippen LogP contribution in [0.25, 0.3) is 0 Å². The molecule has 1 aromatic carbocycles. The molecule has 10 heteroatoms. The molecule has 31 heavy (non-hydrogen) atoms. The average Bonchev–Trinajstić information content (AvgIpc) is 3.01. The fourth-order valence-electron chi connectivity index (χ4n) is 4.01. The van der Waals surface area contributed by atoms with E-state index in [4.69, 9.17) is 14.2 Å². The van der Waals surface area contributed by atoms with E-state index in [0.717, 1.165) is 20.1 Å². The Morgan fingerprint density at radius 2 is 1.87 bits per heavy atom.